The zero-order chi connectivity index (χ0) is 41.5. The minimum atomic E-state index is -0.590. The molecule has 4 heteroatoms. The highest BCUT2D eigenvalue weighted by Crippen LogP contribution is 2.64. The van der Waals surface area contributed by atoms with Crippen LogP contribution in [0, 0.1) is 0 Å². The second-order valence-electron chi connectivity index (χ2n) is 16.4. The van der Waals surface area contributed by atoms with Gasteiger partial charge in [0.05, 0.1) is 11.1 Å². The summed E-state index contributed by atoms with van der Waals surface area (Å²) in [5, 5.41) is 4.48. The lowest BCUT2D eigenvalue weighted by Crippen LogP contribution is -2.32. The summed E-state index contributed by atoms with van der Waals surface area (Å²) in [6.45, 7) is 0. The quantitative estimate of drug-likeness (QED) is 0.167. The number of fused-ring (bicyclic) bond motifs is 13. The fourth-order valence-electron chi connectivity index (χ4n) is 10.4. The van der Waals surface area contributed by atoms with E-state index in [0.717, 1.165) is 78.7 Å². The molecule has 11 aromatic rings. The van der Waals surface area contributed by atoms with Crippen molar-refractivity contribution in [2.45, 2.75) is 5.41 Å². The smallest absolute Gasteiger partial charge is 0.135 e. The van der Waals surface area contributed by atoms with Crippen LogP contribution in [0.25, 0.3) is 43.8 Å². The summed E-state index contributed by atoms with van der Waals surface area (Å²) in [6, 6.07) is 82.6. The molecule has 63 heavy (non-hydrogen) atoms. The molecule has 1 aromatic heterocycles. The van der Waals surface area contributed by atoms with Crippen LogP contribution >= 0.6 is 0 Å². The second-order valence-corrected chi connectivity index (χ2v) is 16.4. The Balaban J connectivity index is 1.06. The molecule has 4 nitrogen and oxygen atoms in total. The summed E-state index contributed by atoms with van der Waals surface area (Å²) < 4.78 is 13.3. The van der Waals surface area contributed by atoms with Crippen LogP contribution in [0.15, 0.2) is 235 Å². The first kappa shape index (κ1) is 35.4. The molecule has 0 fully saturated rings. The molecule has 1 aliphatic carbocycles. The molecule has 13 rings (SSSR count). The number of rotatable bonds is 6. The van der Waals surface area contributed by atoms with Crippen LogP contribution in [0.3, 0.4) is 0 Å². The van der Waals surface area contributed by atoms with Crippen LogP contribution in [-0.4, -0.2) is 0 Å². The molecule has 0 bridgehead atoms. The highest BCUT2D eigenvalue weighted by molar-refractivity contribution is 6.09. The average molecular weight is 807 g/mol. The van der Waals surface area contributed by atoms with E-state index in [4.69, 9.17) is 9.15 Å². The maximum absolute atomic E-state index is 6.67. The van der Waals surface area contributed by atoms with Gasteiger partial charge in [-0.05, 0) is 118 Å². The minimum absolute atomic E-state index is 0.590. The molecule has 0 atom stereocenters. The van der Waals surface area contributed by atoms with E-state index in [1.807, 2.05) is 0 Å². The normalized spacial score (nSPS) is 13.0. The molecule has 0 saturated heterocycles. The van der Waals surface area contributed by atoms with Crippen LogP contribution in [0.4, 0.5) is 34.1 Å². The predicted octanol–water partition coefficient (Wildman–Crippen LogP) is 16.1. The lowest BCUT2D eigenvalue weighted by atomic mass is 9.66. The van der Waals surface area contributed by atoms with Crippen molar-refractivity contribution < 1.29 is 9.15 Å². The molecule has 1 aliphatic heterocycles. The van der Waals surface area contributed by atoms with Crippen LogP contribution in [-0.2, 0) is 5.41 Å². The Labute approximate surface area is 365 Å². The van der Waals surface area contributed by atoms with Gasteiger partial charge < -0.3 is 19.0 Å². The first-order chi connectivity index (χ1) is 31.2. The third-order valence-corrected chi connectivity index (χ3v) is 13.1. The monoisotopic (exact) mass is 806 g/mol. The molecular weight excluding hydrogens is 769 g/mol. The Morgan fingerprint density at radius 2 is 0.841 bits per heavy atom. The zero-order valence-corrected chi connectivity index (χ0v) is 34.2. The van der Waals surface area contributed by atoms with Gasteiger partial charge in [-0.15, -0.1) is 0 Å². The number of benzene rings is 10. The number of anilines is 6. The van der Waals surface area contributed by atoms with Gasteiger partial charge in [0.1, 0.15) is 22.7 Å². The number of hydrogen-bond acceptors (Lipinski definition) is 4. The fourth-order valence-corrected chi connectivity index (χ4v) is 10.4. The van der Waals surface area contributed by atoms with Gasteiger partial charge in [0.25, 0.3) is 0 Å². The van der Waals surface area contributed by atoms with E-state index < -0.39 is 5.41 Å². The van der Waals surface area contributed by atoms with Gasteiger partial charge in [-0.1, -0.05) is 140 Å². The third-order valence-electron chi connectivity index (χ3n) is 13.1. The van der Waals surface area contributed by atoms with E-state index in [1.54, 1.807) is 0 Å². The van der Waals surface area contributed by atoms with Crippen molar-refractivity contribution in [2.24, 2.45) is 0 Å². The molecule has 10 aromatic carbocycles. The first-order valence-corrected chi connectivity index (χ1v) is 21.5. The minimum Gasteiger partial charge on any atom is -0.457 e. The molecule has 0 unspecified atom stereocenters. The van der Waals surface area contributed by atoms with Crippen molar-refractivity contribution in [1.29, 1.82) is 0 Å². The van der Waals surface area contributed by atoms with E-state index in [0.29, 0.717) is 0 Å². The van der Waals surface area contributed by atoms with Crippen LogP contribution < -0.4 is 14.5 Å². The molecule has 0 N–H and O–H groups in total. The number of nitrogens with zero attached hydrogens (tertiary/aromatic N) is 2. The Hall–Kier alpha value is -8.34. The topological polar surface area (TPSA) is 28.9 Å². The average Bonchev–Trinajstić information content (AvgIpc) is 3.86. The van der Waals surface area contributed by atoms with Crippen LogP contribution in [0.1, 0.15) is 22.3 Å². The van der Waals surface area contributed by atoms with Gasteiger partial charge in [-0.2, -0.15) is 0 Å². The van der Waals surface area contributed by atoms with Gasteiger partial charge in [-0.3, -0.25) is 0 Å². The maximum Gasteiger partial charge on any atom is 0.135 e. The number of furan rings is 1. The summed E-state index contributed by atoms with van der Waals surface area (Å²) in [6.07, 6.45) is 0. The number of ether oxygens (including phenoxy) is 1. The van der Waals surface area contributed by atoms with E-state index in [1.165, 1.54) is 33.0 Å². The Morgan fingerprint density at radius 1 is 0.333 bits per heavy atom. The summed E-state index contributed by atoms with van der Waals surface area (Å²) in [5.41, 5.74) is 14.7. The molecule has 0 amide bonds. The lowest BCUT2D eigenvalue weighted by molar-refractivity contribution is 0.436. The van der Waals surface area contributed by atoms with Gasteiger partial charge in [0.15, 0.2) is 0 Å². The molecule has 296 valence electrons. The van der Waals surface area contributed by atoms with Crippen molar-refractivity contribution >= 4 is 66.8 Å². The molecule has 0 saturated carbocycles. The van der Waals surface area contributed by atoms with Crippen molar-refractivity contribution in [3.63, 3.8) is 0 Å². The van der Waals surface area contributed by atoms with Crippen molar-refractivity contribution in [2.75, 3.05) is 9.80 Å². The van der Waals surface area contributed by atoms with E-state index in [9.17, 15) is 0 Å². The van der Waals surface area contributed by atoms with Gasteiger partial charge >= 0.3 is 0 Å². The highest BCUT2D eigenvalue weighted by atomic mass is 16.5. The molecule has 2 heterocycles. The second kappa shape index (κ2) is 13.8. The zero-order valence-electron chi connectivity index (χ0n) is 34.2. The fraction of sp³-hybridized carbons (Fsp3) is 0.0169. The summed E-state index contributed by atoms with van der Waals surface area (Å²) in [7, 11) is 0. The lowest BCUT2D eigenvalue weighted by Gasteiger charge is -2.39. The number of hydrogen-bond donors (Lipinski definition) is 0. The third kappa shape index (κ3) is 5.28. The van der Waals surface area contributed by atoms with Crippen molar-refractivity contribution in [3.05, 3.63) is 253 Å². The van der Waals surface area contributed by atoms with Gasteiger partial charge in [0, 0.05) is 55.9 Å². The molecule has 2 aliphatic rings. The van der Waals surface area contributed by atoms with Crippen LogP contribution in [0.2, 0.25) is 0 Å². The van der Waals surface area contributed by atoms with E-state index >= 15 is 0 Å². The highest BCUT2D eigenvalue weighted by Gasteiger charge is 2.51. The molecule has 1 spiro atoms. The van der Waals surface area contributed by atoms with Gasteiger partial charge in [0.2, 0.25) is 0 Å². The van der Waals surface area contributed by atoms with Gasteiger partial charge in [-0.25, -0.2) is 0 Å². The SMILES string of the molecule is c1ccc(N(c2ccccc2)c2ccc3oc4ccc(N(c5ccc6ccccc6c5)c5cccc6c5-c5ccccc5C65c6ccccc6Oc6ccccc65)cc4c3c2)cc1. The summed E-state index contributed by atoms with van der Waals surface area (Å²) >= 11 is 0. The van der Waals surface area contributed by atoms with Crippen molar-refractivity contribution in [3.8, 4) is 22.6 Å². The summed E-state index contributed by atoms with van der Waals surface area (Å²) in [4.78, 5) is 4.75. The molecular formula is C59H38N2O2. The number of para-hydroxylation sites is 4. The first-order valence-electron chi connectivity index (χ1n) is 21.5. The Kier molecular flexibility index (Phi) is 7.79. The largest absolute Gasteiger partial charge is 0.457 e. The summed E-state index contributed by atoms with van der Waals surface area (Å²) in [5.74, 6) is 1.76. The molecule has 0 radical (unpaired) electrons. The Morgan fingerprint density at radius 3 is 1.51 bits per heavy atom. The van der Waals surface area contributed by atoms with E-state index in [2.05, 4.69) is 240 Å². The standard InChI is InChI=1S/C59H38N2O2/c1-3-18-41(19-4-1)60(42-20-5-2-6-21-42)44-32-34-54-47(37-44)48-38-45(33-35-55(48)62-54)61(43-31-30-39-16-7-8-17-40(39)36-43)53-27-15-26-52-58(53)46-22-9-10-23-49(46)59(52)50-24-11-13-28-56(50)63-57-29-14-12-25-51(57)59/h1-38H. The van der Waals surface area contributed by atoms with Crippen LogP contribution in [0.5, 0.6) is 11.5 Å². The predicted molar refractivity (Wildman–Crippen MR) is 258 cm³/mol. The Bertz CT molecular complexity index is 3490. The van der Waals surface area contributed by atoms with Crippen molar-refractivity contribution in [1.82, 2.24) is 0 Å². The van der Waals surface area contributed by atoms with E-state index in [-0.39, 0.29) is 0 Å². The maximum atomic E-state index is 6.67.